The molecule has 3 N–H and O–H groups in total. The van der Waals surface area contributed by atoms with Crippen molar-refractivity contribution in [3.63, 3.8) is 0 Å². The fraction of sp³-hybridized carbons (Fsp3) is 0.750. The molecule has 0 fully saturated rings. The van der Waals surface area contributed by atoms with E-state index in [2.05, 4.69) is 0 Å². The number of hydrogen-bond donors (Lipinski definition) is 2. The number of aliphatic carboxylic acids is 1. The van der Waals surface area contributed by atoms with Crippen LogP contribution in [0.15, 0.2) is 0 Å². The molecule has 0 aromatic heterocycles. The quantitative estimate of drug-likeness (QED) is 0.529. The highest BCUT2D eigenvalue weighted by atomic mass is 32.2. The number of carboxylic acids is 1. The van der Waals surface area contributed by atoms with Crippen molar-refractivity contribution < 1.29 is 14.1 Å². The average Bonchev–Trinajstić information content (AvgIpc) is 1.63. The predicted molar refractivity (Wildman–Crippen MR) is 34.5 cm³/mol. The molecule has 54 valence electrons. The van der Waals surface area contributed by atoms with Crippen molar-refractivity contribution in [1.29, 1.82) is 0 Å². The van der Waals surface area contributed by atoms with E-state index in [9.17, 15) is 9.00 Å². The molecule has 9 heavy (non-hydrogen) atoms. The van der Waals surface area contributed by atoms with E-state index in [1.807, 2.05) is 0 Å². The van der Waals surface area contributed by atoms with Gasteiger partial charge in [0.15, 0.2) is 0 Å². The Bertz CT molecular complexity index is 136. The van der Waals surface area contributed by atoms with E-state index >= 15 is 0 Å². The van der Waals surface area contributed by atoms with Crippen molar-refractivity contribution >= 4 is 16.8 Å². The third-order valence-electron chi connectivity index (χ3n) is 0.731. The smallest absolute Gasteiger partial charge is 0.321 e. The molecule has 0 spiro atoms. The zero-order valence-electron chi connectivity index (χ0n) is 5.03. The van der Waals surface area contributed by atoms with Crippen molar-refractivity contribution in [2.24, 2.45) is 5.73 Å². The Labute approximate surface area is 55.5 Å². The number of nitrogens with two attached hydrogens (primary N) is 1. The summed E-state index contributed by atoms with van der Waals surface area (Å²) in [6.07, 6.45) is 1.42. The molecule has 0 aromatic rings. The summed E-state index contributed by atoms with van der Waals surface area (Å²) < 4.78 is 10.3. The minimum atomic E-state index is -1.12. The van der Waals surface area contributed by atoms with Gasteiger partial charge in [0.2, 0.25) is 0 Å². The molecule has 0 saturated carbocycles. The number of carbonyl (C=O) groups is 1. The van der Waals surface area contributed by atoms with Gasteiger partial charge in [0, 0.05) is 22.8 Å². The molecule has 1 unspecified atom stereocenters. The molecule has 0 bridgehead atoms. The zero-order valence-corrected chi connectivity index (χ0v) is 5.85. The first kappa shape index (κ1) is 8.58. The van der Waals surface area contributed by atoms with Crippen molar-refractivity contribution in [3.8, 4) is 0 Å². The van der Waals surface area contributed by atoms with E-state index in [0.717, 1.165) is 0 Å². The second-order valence-corrected chi connectivity index (χ2v) is 3.16. The lowest BCUT2D eigenvalue weighted by Crippen LogP contribution is -2.35. The maximum atomic E-state index is 10.3. The van der Waals surface area contributed by atoms with Gasteiger partial charge in [-0.15, -0.1) is 0 Å². The van der Waals surface area contributed by atoms with Crippen LogP contribution in [0.4, 0.5) is 0 Å². The largest absolute Gasteiger partial charge is 0.480 e. The van der Waals surface area contributed by atoms with E-state index < -0.39 is 22.8 Å². The Balaban J connectivity index is 3.63. The van der Waals surface area contributed by atoms with Crippen molar-refractivity contribution in [3.05, 3.63) is 0 Å². The monoisotopic (exact) mass is 151 g/mol. The molecular formula is C4H9NO3S. The first-order valence-electron chi connectivity index (χ1n) is 2.32. The molecule has 0 radical (unpaired) electrons. The maximum Gasteiger partial charge on any atom is 0.321 e. The van der Waals surface area contributed by atoms with Crippen LogP contribution in [0.2, 0.25) is 0 Å². The molecule has 0 saturated heterocycles. The van der Waals surface area contributed by atoms with E-state index in [0.29, 0.717) is 0 Å². The number of rotatable bonds is 3. The Kier molecular flexibility index (Phi) is 3.41. The second kappa shape index (κ2) is 3.58. The SMILES string of the molecule is CS(=O)C[C@H](N)C(=O)O. The summed E-state index contributed by atoms with van der Waals surface area (Å²) in [6, 6.07) is -0.990. The Morgan fingerprint density at radius 1 is 1.89 bits per heavy atom. The maximum absolute atomic E-state index is 10.3. The summed E-state index contributed by atoms with van der Waals surface area (Å²) in [7, 11) is -1.12. The van der Waals surface area contributed by atoms with E-state index in [1.54, 1.807) is 0 Å². The Morgan fingerprint density at radius 2 is 2.33 bits per heavy atom. The molecule has 0 rings (SSSR count). The summed E-state index contributed by atoms with van der Waals surface area (Å²) >= 11 is 0. The summed E-state index contributed by atoms with van der Waals surface area (Å²) in [5.41, 5.74) is 5.02. The Hall–Kier alpha value is -0.420. The van der Waals surface area contributed by atoms with Crippen LogP contribution < -0.4 is 5.73 Å². The third-order valence-corrected chi connectivity index (χ3v) is 1.56. The highest BCUT2D eigenvalue weighted by molar-refractivity contribution is 7.84. The van der Waals surface area contributed by atoms with Crippen LogP contribution in [0.25, 0.3) is 0 Å². The van der Waals surface area contributed by atoms with Gasteiger partial charge in [-0.25, -0.2) is 0 Å². The lowest BCUT2D eigenvalue weighted by Gasteiger charge is -2.00. The lowest BCUT2D eigenvalue weighted by atomic mass is 10.4. The molecule has 0 aliphatic heterocycles. The first-order valence-corrected chi connectivity index (χ1v) is 4.05. The summed E-state index contributed by atoms with van der Waals surface area (Å²) in [4.78, 5) is 9.98. The first-order chi connectivity index (χ1) is 4.04. The highest BCUT2D eigenvalue weighted by Crippen LogP contribution is 1.81. The molecule has 0 aromatic carbocycles. The van der Waals surface area contributed by atoms with Crippen LogP contribution >= 0.6 is 0 Å². The predicted octanol–water partition coefficient (Wildman–Crippen LogP) is -1.22. The minimum absolute atomic E-state index is 0.0231. The van der Waals surface area contributed by atoms with Crippen LogP contribution in [-0.2, 0) is 15.6 Å². The van der Waals surface area contributed by atoms with E-state index in [-0.39, 0.29) is 5.75 Å². The third kappa shape index (κ3) is 4.11. The van der Waals surface area contributed by atoms with Crippen molar-refractivity contribution in [2.45, 2.75) is 6.04 Å². The molecule has 0 heterocycles. The number of carboxylic acid groups (broad SMARTS) is 1. The number of hydrogen-bond acceptors (Lipinski definition) is 3. The summed E-state index contributed by atoms with van der Waals surface area (Å²) in [5, 5.41) is 8.17. The normalized spacial score (nSPS) is 16.7. The van der Waals surface area contributed by atoms with Crippen molar-refractivity contribution in [1.82, 2.24) is 0 Å². The van der Waals surface area contributed by atoms with Gasteiger partial charge in [-0.1, -0.05) is 0 Å². The minimum Gasteiger partial charge on any atom is -0.480 e. The van der Waals surface area contributed by atoms with Crippen molar-refractivity contribution in [2.75, 3.05) is 12.0 Å². The highest BCUT2D eigenvalue weighted by Gasteiger charge is 2.11. The van der Waals surface area contributed by atoms with Gasteiger partial charge in [-0.2, -0.15) is 0 Å². The molecule has 5 heteroatoms. The molecule has 4 nitrogen and oxygen atoms in total. The van der Waals surface area contributed by atoms with Gasteiger partial charge in [-0.3, -0.25) is 9.00 Å². The van der Waals surface area contributed by atoms with Gasteiger partial charge in [0.25, 0.3) is 0 Å². The average molecular weight is 151 g/mol. The topological polar surface area (TPSA) is 80.4 Å². The van der Waals surface area contributed by atoms with Gasteiger partial charge in [0.05, 0.1) is 0 Å². The van der Waals surface area contributed by atoms with E-state index in [1.165, 1.54) is 6.26 Å². The van der Waals surface area contributed by atoms with Gasteiger partial charge >= 0.3 is 5.97 Å². The Morgan fingerprint density at radius 3 is 2.44 bits per heavy atom. The summed E-state index contributed by atoms with van der Waals surface area (Å²) in [6.45, 7) is 0. The lowest BCUT2D eigenvalue weighted by molar-refractivity contribution is -0.137. The fourth-order valence-corrected chi connectivity index (χ4v) is 0.972. The van der Waals surface area contributed by atoms with Crippen LogP contribution in [0.1, 0.15) is 0 Å². The zero-order chi connectivity index (χ0) is 7.44. The van der Waals surface area contributed by atoms with Gasteiger partial charge < -0.3 is 10.8 Å². The second-order valence-electron chi connectivity index (χ2n) is 1.68. The van der Waals surface area contributed by atoms with Crippen LogP contribution in [-0.4, -0.2) is 33.3 Å². The fourth-order valence-electron chi connectivity index (χ4n) is 0.324. The van der Waals surface area contributed by atoms with E-state index in [4.69, 9.17) is 10.8 Å². The van der Waals surface area contributed by atoms with Gasteiger partial charge in [0.1, 0.15) is 6.04 Å². The molecule has 2 atom stereocenters. The summed E-state index contributed by atoms with van der Waals surface area (Å²) in [5.74, 6) is -1.08. The molecular weight excluding hydrogens is 142 g/mol. The molecule has 0 amide bonds. The molecule has 0 aliphatic rings. The van der Waals surface area contributed by atoms with Gasteiger partial charge in [-0.05, 0) is 0 Å². The molecule has 0 aliphatic carbocycles. The van der Waals surface area contributed by atoms with Crippen LogP contribution in [0.5, 0.6) is 0 Å². The van der Waals surface area contributed by atoms with Crippen LogP contribution in [0, 0.1) is 0 Å². The van der Waals surface area contributed by atoms with Crippen LogP contribution in [0.3, 0.4) is 0 Å². The standard InChI is InChI=1S/C4H9NO3S/c1-9(8)2-3(5)4(6)7/h3H,2,5H2,1H3,(H,6,7)/t3-,9?/m0/s1.